The summed E-state index contributed by atoms with van der Waals surface area (Å²) in [4.78, 5) is 122. The Morgan fingerprint density at radius 3 is 1.11 bits per heavy atom. The molecule has 1 atom stereocenters. The van der Waals surface area contributed by atoms with Gasteiger partial charge in [0.05, 0.1) is 72.5 Å². The molecule has 31 heteroatoms. The van der Waals surface area contributed by atoms with E-state index in [1.54, 1.807) is 151 Å². The van der Waals surface area contributed by atoms with E-state index in [4.69, 9.17) is 58.9 Å². The number of aliphatic hydroxyl groups is 1. The summed E-state index contributed by atoms with van der Waals surface area (Å²) >= 11 is 6.18. The minimum absolute atomic E-state index is 0.00310. The first-order chi connectivity index (χ1) is 71.7. The normalized spacial score (nSPS) is 11.1. The highest BCUT2D eigenvalue weighted by Gasteiger charge is 2.27. The summed E-state index contributed by atoms with van der Waals surface area (Å²) in [5.41, 5.74) is 14.4. The Morgan fingerprint density at radius 2 is 0.696 bits per heavy atom. The Bertz CT molecular complexity index is 7820. The Morgan fingerprint density at radius 1 is 0.345 bits per heavy atom. The molecule has 9 aromatic carbocycles. The number of hydrogen-bond donors (Lipinski definition) is 1. The van der Waals surface area contributed by atoms with E-state index >= 15 is 0 Å². The topological polar surface area (TPSA) is 310 Å². The first-order valence-corrected chi connectivity index (χ1v) is 50.2. The van der Waals surface area contributed by atoms with E-state index in [-0.39, 0.29) is 164 Å². The molecule has 8 aromatic heterocycles. The van der Waals surface area contributed by atoms with Crippen molar-refractivity contribution < 1.29 is 109 Å². The number of aliphatic hydroxyl groups excluding tert-OH is 1. The van der Waals surface area contributed by atoms with Crippen molar-refractivity contribution in [3.63, 3.8) is 0 Å². The van der Waals surface area contributed by atoms with Crippen LogP contribution in [0.15, 0.2) is 246 Å². The number of ketones is 8. The van der Waals surface area contributed by atoms with Crippen LogP contribution < -0.4 is 47.4 Å². The predicted molar refractivity (Wildman–Crippen MR) is 572 cm³/mol. The van der Waals surface area contributed by atoms with Gasteiger partial charge in [0.15, 0.2) is 92.3 Å². The molecule has 0 fully saturated rings. The molecule has 148 heavy (non-hydrogen) atoms. The van der Waals surface area contributed by atoms with Gasteiger partial charge in [-0.3, -0.25) is 38.4 Å². The second kappa shape index (κ2) is 51.2. The number of thiophene rings is 4. The summed E-state index contributed by atoms with van der Waals surface area (Å²) in [7, 11) is 11.7. The van der Waals surface area contributed by atoms with E-state index in [1.807, 2.05) is 100 Å². The number of carbonyl (C=O) groups excluding carboxylic acids is 8. The van der Waals surface area contributed by atoms with Gasteiger partial charge in [-0.25, -0.2) is 33.1 Å². The number of ether oxygens (including phenoxy) is 11. The molecule has 17 rings (SSSR count). The van der Waals surface area contributed by atoms with Gasteiger partial charge in [-0.05, 0) is 176 Å². The fourth-order valence-corrected chi connectivity index (χ4v) is 20.3. The Balaban J connectivity index is 0.000000156. The summed E-state index contributed by atoms with van der Waals surface area (Å²) in [5.74, 6) is 4.67. The summed E-state index contributed by atoms with van der Waals surface area (Å²) in [5, 5.41) is 20.8. The van der Waals surface area contributed by atoms with Crippen LogP contribution in [-0.2, 0) is 4.74 Å². The molecule has 0 bridgehead atoms. The van der Waals surface area contributed by atoms with Crippen molar-refractivity contribution in [3.05, 3.63) is 319 Å². The van der Waals surface area contributed by atoms with Gasteiger partial charge >= 0.3 is 0 Å². The first-order valence-electron chi connectivity index (χ1n) is 46.7. The lowest BCUT2D eigenvalue weighted by atomic mass is 9.99. The number of halogens is 3. The van der Waals surface area contributed by atoms with E-state index in [9.17, 15) is 51.5 Å². The maximum Gasteiger partial charge on any atom is 0.233 e. The fourth-order valence-electron chi connectivity index (χ4n) is 16.2. The number of alkyl halides is 2. The molecule has 1 N–H and O–H groups in total. The number of carbonyl (C=O) groups is 8. The molecular weight excluding hydrogens is 1970 g/mol. The number of Topliss-reactive ketones (excluding diaryl/α,β-unsaturated/α-hetero) is 8. The Hall–Kier alpha value is -16.0. The number of fused-ring (bicyclic) bond motifs is 4. The third-order valence-electron chi connectivity index (χ3n) is 24.0. The van der Waals surface area contributed by atoms with Gasteiger partial charge in [-0.1, -0.05) is 103 Å². The maximum atomic E-state index is 14.4. The Labute approximate surface area is 868 Å². The number of hydrogen-bond acceptors (Lipinski definition) is 28. The molecule has 17 aromatic rings. The van der Waals surface area contributed by atoms with Crippen molar-refractivity contribution in [1.82, 2.24) is 19.9 Å². The standard InChI is InChI=1S/C31H24FNO4S.C29H28FNO6S.C29H25NO5S.C28H26FNO5S/c1-36-29-14-11-20(17-30(29)37-2)27(34)12-13-28(35)26-16-21(19-7-4-3-5-8-19)15-25(33-26)23-18-38-31-22(23)9-6-10-24(31)32;1-17-6-5-7-19-20(16-38-29(17)19)28-25(34-2)13-9-21(31-28)23(33)11-10-22(32)18-8-12-24(26(14-18)35-3)37-15-27(30)36-4;1-4-19-14-23(22-17-36-29-18(2)6-5-7-21(22)29)30-24(15-19)26(33)10-9-25(32)20-8-11-27(35-13-12-31)28(16-20)34-3;1-17-5-4-6-19-20(16-36-28(17)19)27-25(33-2)12-8-21(30-27)23(32)10-9-22(31)18-7-11-24(35-14-13-29)26(15-18)34-3/h3-11,14-18H,12-13H2,1-2H3;5-9,12-14,16,27H,10-11,15H2,1-4H3;1,5-8,11,14-17,31H,9-10,12-13H2,2-3H3;4-8,11-12,15-16H,9-10,13-14H2,1-3H3. The highest BCUT2D eigenvalue weighted by Crippen LogP contribution is 2.45. The number of aromatic nitrogens is 4. The van der Waals surface area contributed by atoms with Crippen LogP contribution in [0.1, 0.15) is 157 Å². The highest BCUT2D eigenvalue weighted by molar-refractivity contribution is 7.19. The van der Waals surface area contributed by atoms with Crippen LogP contribution in [0, 0.1) is 38.9 Å². The van der Waals surface area contributed by atoms with Crippen molar-refractivity contribution in [1.29, 1.82) is 0 Å². The summed E-state index contributed by atoms with van der Waals surface area (Å²) in [6, 6.07) is 65.6. The molecule has 0 aliphatic rings. The number of benzene rings is 9. The molecule has 0 amide bonds. The van der Waals surface area contributed by atoms with E-state index in [2.05, 4.69) is 69.6 Å². The number of nitrogens with zero attached hydrogens (tertiary/aromatic N) is 4. The van der Waals surface area contributed by atoms with E-state index in [0.717, 1.165) is 64.3 Å². The minimum atomic E-state index is -1.58. The molecule has 1 unspecified atom stereocenters. The van der Waals surface area contributed by atoms with Crippen LogP contribution in [-0.4, -0.2) is 168 Å². The van der Waals surface area contributed by atoms with Crippen molar-refractivity contribution in [2.45, 2.75) is 78.5 Å². The zero-order valence-electron chi connectivity index (χ0n) is 82.8. The third-order valence-corrected chi connectivity index (χ3v) is 28.4. The molecule has 8 heterocycles. The number of methoxy groups -OCH3 is 8. The van der Waals surface area contributed by atoms with Crippen LogP contribution in [0.4, 0.5) is 13.2 Å². The quantitative estimate of drug-likeness (QED) is 0.0274. The van der Waals surface area contributed by atoms with Gasteiger partial charge in [0.1, 0.15) is 78.0 Å². The van der Waals surface area contributed by atoms with Crippen molar-refractivity contribution in [2.75, 3.05) is 90.0 Å². The smallest absolute Gasteiger partial charge is 0.233 e. The summed E-state index contributed by atoms with van der Waals surface area (Å²) in [6.07, 6.45) is 4.10. The molecule has 756 valence electrons. The monoisotopic (exact) mass is 2070 g/mol. The SMILES string of the molecule is C#Cc1cc(C(=O)CCC(=O)c2ccc(OCCO)c(OC)c2)nc(-c2csc3c(C)cccc23)c1.COc1cc(C(=O)CCC(=O)c2ccc(OC)c(-c3csc4c(C)cccc34)n2)ccc1OCC(F)OC.COc1cc(C(=O)CCC(=O)c2ccc(OC)c(-c3csc4c(C)cccc34)n2)ccc1OCCF.COc1ccc(C(=O)CCC(=O)c2cc(-c3ccccc3)cc(-c3csc4c(F)cccc34)n2)cc1OC. The van der Waals surface area contributed by atoms with Crippen molar-refractivity contribution in [2.24, 2.45) is 0 Å². The van der Waals surface area contributed by atoms with Crippen LogP contribution in [0.3, 0.4) is 0 Å². The third kappa shape index (κ3) is 25.9. The average Bonchev–Trinajstić information content (AvgIpc) is 1.62. The van der Waals surface area contributed by atoms with Crippen LogP contribution in [0.2, 0.25) is 0 Å². The molecule has 0 saturated carbocycles. The number of terminal acetylenes is 1. The Kier molecular flexibility index (Phi) is 37.3. The zero-order chi connectivity index (χ0) is 105. The van der Waals surface area contributed by atoms with E-state index < -0.39 is 13.0 Å². The van der Waals surface area contributed by atoms with Gasteiger partial charge < -0.3 is 57.2 Å². The molecule has 0 aliphatic heterocycles. The molecule has 0 radical (unpaired) electrons. The average molecular weight is 2070 g/mol. The number of aryl methyl sites for hydroxylation is 3. The predicted octanol–water partition coefficient (Wildman–Crippen LogP) is 26.0. The van der Waals surface area contributed by atoms with Crippen molar-refractivity contribution in [3.8, 4) is 126 Å². The van der Waals surface area contributed by atoms with Crippen molar-refractivity contribution >= 4 is 132 Å². The second-order valence-electron chi connectivity index (χ2n) is 33.4. The second-order valence-corrected chi connectivity index (χ2v) is 37.0. The van der Waals surface area contributed by atoms with Gasteiger partial charge in [-0.2, -0.15) is 0 Å². The lowest BCUT2D eigenvalue weighted by Gasteiger charge is -2.13. The molecule has 0 spiro atoms. The van der Waals surface area contributed by atoms with E-state index in [1.165, 1.54) is 99.7 Å². The van der Waals surface area contributed by atoms with Crippen LogP contribution in [0.5, 0.6) is 57.5 Å². The van der Waals surface area contributed by atoms with E-state index in [0.29, 0.717) is 101 Å². The minimum Gasteiger partial charge on any atom is -0.494 e. The van der Waals surface area contributed by atoms with Crippen LogP contribution >= 0.6 is 45.3 Å². The largest absolute Gasteiger partial charge is 0.494 e. The summed E-state index contributed by atoms with van der Waals surface area (Å²) < 4.78 is 102. The first kappa shape index (κ1) is 108. The highest BCUT2D eigenvalue weighted by atomic mass is 32.1. The summed E-state index contributed by atoms with van der Waals surface area (Å²) in [6.45, 7) is 5.11. The fraction of sp³-hybridized carbons (Fsp3) is 0.214. The molecular formula is C117H103F3N4O20S4. The molecule has 24 nitrogen and oxygen atoms in total. The van der Waals surface area contributed by atoms with Gasteiger partial charge in [0.2, 0.25) is 6.36 Å². The van der Waals surface area contributed by atoms with Gasteiger partial charge in [0.25, 0.3) is 0 Å². The molecule has 0 aliphatic carbocycles. The van der Waals surface area contributed by atoms with Gasteiger partial charge in [0, 0.05) is 166 Å². The zero-order valence-corrected chi connectivity index (χ0v) is 86.0. The lowest BCUT2D eigenvalue weighted by molar-refractivity contribution is -0.0361. The van der Waals surface area contributed by atoms with Gasteiger partial charge in [-0.15, -0.1) is 51.8 Å². The maximum absolute atomic E-state index is 14.4. The molecule has 0 saturated heterocycles. The lowest BCUT2D eigenvalue weighted by Crippen LogP contribution is -2.15. The number of rotatable bonds is 42. The number of pyridine rings is 4. The van der Waals surface area contributed by atoms with Crippen LogP contribution in [0.25, 0.3) is 96.5 Å².